The van der Waals surface area contributed by atoms with Crippen LogP contribution in [0.4, 0.5) is 17.7 Å². The number of nitrogens with zero attached hydrogens (tertiary/aromatic N) is 2. The molecule has 0 unspecified atom stereocenters. The van der Waals surface area contributed by atoms with E-state index in [2.05, 4.69) is 0 Å². The molecule has 0 aliphatic carbocycles. The zero-order valence-electron chi connectivity index (χ0n) is 12.5. The van der Waals surface area contributed by atoms with Crippen LogP contribution in [0.15, 0.2) is 0 Å². The minimum Gasteiger partial charge on any atom is -0.448 e. The van der Waals surface area contributed by atoms with Crippen LogP contribution in [0.2, 0.25) is 0 Å². The Labute approximate surface area is 159 Å². The van der Waals surface area contributed by atoms with Gasteiger partial charge in [0, 0.05) is 31.6 Å². The summed E-state index contributed by atoms with van der Waals surface area (Å²) in [4.78, 5) is 14.6. The monoisotopic (exact) mass is 318 g/mol. The molecule has 20 heavy (non-hydrogen) atoms. The Morgan fingerprint density at radius 2 is 1.70 bits per heavy atom. The van der Waals surface area contributed by atoms with Gasteiger partial charge in [-0.25, -0.2) is 4.79 Å². The number of carbonyl (C=O) groups is 1. The Kier molecular flexibility index (Phi) is 5.70. The molecule has 0 aromatic heterocycles. The average Bonchev–Trinajstić information content (AvgIpc) is 2.00. The molecule has 0 aromatic carbocycles. The first-order valence-electron chi connectivity index (χ1n) is 6.39. The van der Waals surface area contributed by atoms with Gasteiger partial charge in [-0.15, -0.1) is 0 Å². The first-order chi connectivity index (χ1) is 8.48. The Morgan fingerprint density at radius 3 is 2.10 bits per heavy atom. The summed E-state index contributed by atoms with van der Waals surface area (Å²) in [5, 5.41) is 0. The van der Waals surface area contributed by atoms with Crippen molar-refractivity contribution in [1.82, 2.24) is 9.80 Å². The molecule has 2 heterocycles. The maximum atomic E-state index is 12.2. The van der Waals surface area contributed by atoms with Crippen molar-refractivity contribution < 1.29 is 73.9 Å². The van der Waals surface area contributed by atoms with Gasteiger partial charge in [-0.05, 0) is 27.2 Å². The molecule has 1 amide bonds. The zero-order valence-corrected chi connectivity index (χ0v) is 15.6. The molecule has 0 aromatic rings. The number of hydrogen-bond donors (Lipinski definition) is 0. The van der Waals surface area contributed by atoms with Gasteiger partial charge in [-0.3, -0.25) is 0 Å². The van der Waals surface area contributed by atoms with Crippen molar-refractivity contribution in [2.24, 2.45) is 5.41 Å². The van der Waals surface area contributed by atoms with Gasteiger partial charge in [0.1, 0.15) is 5.60 Å². The maximum Gasteiger partial charge on any atom is 1.00 e. The van der Waals surface area contributed by atoms with E-state index in [0.717, 1.165) is 0 Å². The molecule has 2 aliphatic rings. The second-order valence-corrected chi connectivity index (χ2v) is 6.72. The van der Waals surface area contributed by atoms with Crippen molar-refractivity contribution >= 4 is 13.1 Å². The predicted octanol–water partition coefficient (Wildman–Crippen LogP) is -1.07. The van der Waals surface area contributed by atoms with Crippen molar-refractivity contribution in [3.05, 3.63) is 0 Å². The molecule has 0 N–H and O–H groups in total. The Bertz CT molecular complexity index is 373. The van der Waals surface area contributed by atoms with E-state index >= 15 is 0 Å². The van der Waals surface area contributed by atoms with Crippen molar-refractivity contribution in [2.75, 3.05) is 32.6 Å². The first kappa shape index (κ1) is 18.8. The standard InChI is InChI=1S/C11H19BF3N2O2.K/c1-10(2,3)19-9(18)17-6-11(7-17)4-16(5-11)8-12(13,14)15;/h4-8H2,1-3H3;/q-1;+1. The molecule has 0 bridgehead atoms. The maximum absolute atomic E-state index is 12.2. The smallest absolute Gasteiger partial charge is 0.448 e. The first-order valence-corrected chi connectivity index (χ1v) is 6.39. The summed E-state index contributed by atoms with van der Waals surface area (Å²) in [5.41, 5.74) is -0.664. The molecule has 0 atom stereocenters. The molecule has 2 rings (SSSR count). The number of halogens is 3. The van der Waals surface area contributed by atoms with Crippen molar-refractivity contribution in [3.8, 4) is 0 Å². The van der Waals surface area contributed by atoms with Crippen LogP contribution in [0.25, 0.3) is 0 Å². The molecule has 110 valence electrons. The molecule has 2 saturated heterocycles. The van der Waals surface area contributed by atoms with Crippen LogP contribution in [-0.2, 0) is 4.74 Å². The fraction of sp³-hybridized carbons (Fsp3) is 0.909. The van der Waals surface area contributed by atoms with Crippen molar-refractivity contribution in [2.45, 2.75) is 26.4 Å². The van der Waals surface area contributed by atoms with Gasteiger partial charge < -0.3 is 27.5 Å². The molecule has 9 heteroatoms. The van der Waals surface area contributed by atoms with Crippen LogP contribution in [-0.4, -0.2) is 61.1 Å². The van der Waals surface area contributed by atoms with Gasteiger partial charge in [-0.2, -0.15) is 0 Å². The van der Waals surface area contributed by atoms with E-state index in [-0.39, 0.29) is 62.9 Å². The summed E-state index contributed by atoms with van der Waals surface area (Å²) < 4.78 is 41.9. The Hall–Kier alpha value is 0.721. The third-order valence-electron chi connectivity index (χ3n) is 3.29. The Morgan fingerprint density at radius 1 is 1.20 bits per heavy atom. The molecular weight excluding hydrogens is 299 g/mol. The van der Waals surface area contributed by atoms with E-state index in [1.807, 2.05) is 0 Å². The van der Waals surface area contributed by atoms with Crippen LogP contribution in [0.5, 0.6) is 0 Å². The minimum absolute atomic E-state index is 0. The minimum atomic E-state index is -4.75. The van der Waals surface area contributed by atoms with Gasteiger partial charge in [0.2, 0.25) is 0 Å². The molecular formula is C11H19BF3KN2O2. The number of ether oxygens (including phenoxy) is 1. The van der Waals surface area contributed by atoms with Crippen LogP contribution >= 0.6 is 0 Å². The second kappa shape index (κ2) is 6.08. The summed E-state index contributed by atoms with van der Waals surface area (Å²) in [5.74, 6) is 0. The Balaban J connectivity index is 0.00000200. The molecule has 2 fully saturated rings. The topological polar surface area (TPSA) is 32.8 Å². The summed E-state index contributed by atoms with van der Waals surface area (Å²) in [6, 6.07) is 0. The third-order valence-corrected chi connectivity index (χ3v) is 3.29. The predicted molar refractivity (Wildman–Crippen MR) is 65.8 cm³/mol. The number of rotatable bonds is 2. The third kappa shape index (κ3) is 4.88. The van der Waals surface area contributed by atoms with Crippen LogP contribution < -0.4 is 51.4 Å². The molecule has 2 aliphatic heterocycles. The van der Waals surface area contributed by atoms with E-state index in [9.17, 15) is 17.7 Å². The van der Waals surface area contributed by atoms with Gasteiger partial charge in [-0.1, -0.05) is 0 Å². The molecule has 0 saturated carbocycles. The van der Waals surface area contributed by atoms with E-state index in [1.54, 1.807) is 25.7 Å². The quantitative estimate of drug-likeness (QED) is 0.608. The number of likely N-dealkylation sites (tertiary alicyclic amines) is 2. The normalized spacial score (nSPS) is 21.8. The summed E-state index contributed by atoms with van der Waals surface area (Å²) in [7, 11) is 0. The second-order valence-electron chi connectivity index (χ2n) is 6.72. The summed E-state index contributed by atoms with van der Waals surface area (Å²) in [6.45, 7) is 2.47. The fourth-order valence-electron chi connectivity index (χ4n) is 2.74. The summed E-state index contributed by atoms with van der Waals surface area (Å²) in [6.07, 6.45) is -1.18. The van der Waals surface area contributed by atoms with E-state index < -0.39 is 19.0 Å². The van der Waals surface area contributed by atoms with Crippen molar-refractivity contribution in [3.63, 3.8) is 0 Å². The van der Waals surface area contributed by atoms with Gasteiger partial charge in [0.15, 0.2) is 0 Å². The average molecular weight is 318 g/mol. The SMILES string of the molecule is CC(C)(C)OC(=O)N1CC2(CN(C[B-](F)(F)F)C2)C1.[K+]. The number of carbonyl (C=O) groups excluding carboxylic acids is 1. The van der Waals surface area contributed by atoms with E-state index in [4.69, 9.17) is 4.74 Å². The van der Waals surface area contributed by atoms with Gasteiger partial charge in [0.05, 0.1) is 0 Å². The number of amides is 1. The number of hydrogen-bond acceptors (Lipinski definition) is 3. The largest absolute Gasteiger partial charge is 1.00 e. The zero-order chi connectivity index (χ0) is 14.5. The van der Waals surface area contributed by atoms with Crippen LogP contribution in [0, 0.1) is 5.41 Å². The fourth-order valence-corrected chi connectivity index (χ4v) is 2.74. The van der Waals surface area contributed by atoms with Gasteiger partial charge >= 0.3 is 64.5 Å². The summed E-state index contributed by atoms with van der Waals surface area (Å²) >= 11 is 0. The van der Waals surface area contributed by atoms with Crippen LogP contribution in [0.1, 0.15) is 20.8 Å². The molecule has 4 nitrogen and oxygen atoms in total. The van der Waals surface area contributed by atoms with Crippen molar-refractivity contribution in [1.29, 1.82) is 0 Å². The van der Waals surface area contributed by atoms with E-state index in [0.29, 0.717) is 26.2 Å². The molecule has 1 spiro atoms. The molecule has 0 radical (unpaired) electrons. The van der Waals surface area contributed by atoms with E-state index in [1.165, 1.54) is 4.90 Å². The van der Waals surface area contributed by atoms with Gasteiger partial charge in [0.25, 0.3) is 0 Å². The van der Waals surface area contributed by atoms with Crippen LogP contribution in [0.3, 0.4) is 0 Å².